The molecule has 0 radical (unpaired) electrons. The Balaban J connectivity index is 1.94. The smallest absolute Gasteiger partial charge is 0.0641 e. The van der Waals surface area contributed by atoms with Gasteiger partial charge in [-0.25, -0.2) is 0 Å². The molecule has 2 N–H and O–H groups in total. The lowest BCUT2D eigenvalue weighted by atomic mass is 9.98. The molecule has 1 aliphatic heterocycles. The normalized spacial score (nSPS) is 21.2. The van der Waals surface area contributed by atoms with Crippen LogP contribution in [-0.2, 0) is 0 Å². The molecule has 2 nitrogen and oxygen atoms in total. The number of piperidine rings is 1. The van der Waals surface area contributed by atoms with Crippen molar-refractivity contribution < 1.29 is 0 Å². The van der Waals surface area contributed by atoms with Gasteiger partial charge in [0.15, 0.2) is 0 Å². The SMILES string of the molecule is Cc1cc(Cl)c(NC(C)CC2CCCCN2)cc1Cl. The third-order valence-electron chi connectivity index (χ3n) is 3.70. The van der Waals surface area contributed by atoms with Crippen molar-refractivity contribution in [2.24, 2.45) is 0 Å². The molecule has 106 valence electrons. The molecule has 1 aromatic carbocycles. The van der Waals surface area contributed by atoms with Crippen molar-refractivity contribution in [3.8, 4) is 0 Å². The van der Waals surface area contributed by atoms with Gasteiger partial charge in [-0.05, 0) is 57.4 Å². The lowest BCUT2D eigenvalue weighted by Gasteiger charge is -2.27. The van der Waals surface area contributed by atoms with Gasteiger partial charge in [0.25, 0.3) is 0 Å². The molecule has 0 saturated carbocycles. The molecule has 0 aliphatic carbocycles. The van der Waals surface area contributed by atoms with Crippen LogP contribution in [0.25, 0.3) is 0 Å². The fraction of sp³-hybridized carbons (Fsp3) is 0.600. The van der Waals surface area contributed by atoms with Crippen molar-refractivity contribution in [3.63, 3.8) is 0 Å². The van der Waals surface area contributed by atoms with Gasteiger partial charge in [0, 0.05) is 17.1 Å². The Morgan fingerprint density at radius 2 is 2.11 bits per heavy atom. The molecular formula is C15H22Cl2N2. The molecule has 0 bridgehead atoms. The van der Waals surface area contributed by atoms with Crippen molar-refractivity contribution in [2.75, 3.05) is 11.9 Å². The molecule has 1 aromatic rings. The molecule has 19 heavy (non-hydrogen) atoms. The zero-order chi connectivity index (χ0) is 13.8. The number of rotatable bonds is 4. The maximum Gasteiger partial charge on any atom is 0.0641 e. The van der Waals surface area contributed by atoms with Crippen LogP contribution in [0.5, 0.6) is 0 Å². The van der Waals surface area contributed by atoms with E-state index in [2.05, 4.69) is 17.6 Å². The minimum atomic E-state index is 0.381. The van der Waals surface area contributed by atoms with Gasteiger partial charge in [0.2, 0.25) is 0 Å². The summed E-state index contributed by atoms with van der Waals surface area (Å²) in [6.45, 7) is 5.31. The van der Waals surface area contributed by atoms with Crippen LogP contribution < -0.4 is 10.6 Å². The van der Waals surface area contributed by atoms with Crippen molar-refractivity contribution in [1.82, 2.24) is 5.32 Å². The molecule has 1 heterocycles. The highest BCUT2D eigenvalue weighted by molar-refractivity contribution is 6.35. The number of anilines is 1. The van der Waals surface area contributed by atoms with Crippen LogP contribution in [0.4, 0.5) is 5.69 Å². The Bertz CT molecular complexity index is 428. The Kier molecular flexibility index (Phi) is 5.37. The number of hydrogen-bond donors (Lipinski definition) is 2. The first-order chi connectivity index (χ1) is 9.06. The summed E-state index contributed by atoms with van der Waals surface area (Å²) in [5.74, 6) is 0. The molecule has 1 saturated heterocycles. The van der Waals surface area contributed by atoms with E-state index in [0.717, 1.165) is 34.3 Å². The molecule has 0 spiro atoms. The van der Waals surface area contributed by atoms with Crippen LogP contribution in [0.15, 0.2) is 12.1 Å². The summed E-state index contributed by atoms with van der Waals surface area (Å²) in [6.07, 6.45) is 5.02. The van der Waals surface area contributed by atoms with E-state index in [0.29, 0.717) is 12.1 Å². The van der Waals surface area contributed by atoms with E-state index in [4.69, 9.17) is 23.2 Å². The molecule has 4 heteroatoms. The average molecular weight is 301 g/mol. The Hall–Kier alpha value is -0.440. The molecule has 2 unspecified atom stereocenters. The molecule has 0 amide bonds. The third-order valence-corrected chi connectivity index (χ3v) is 4.42. The lowest BCUT2D eigenvalue weighted by Crippen LogP contribution is -2.37. The topological polar surface area (TPSA) is 24.1 Å². The number of hydrogen-bond acceptors (Lipinski definition) is 2. The van der Waals surface area contributed by atoms with Crippen LogP contribution in [0, 0.1) is 6.92 Å². The van der Waals surface area contributed by atoms with Gasteiger partial charge in [-0.2, -0.15) is 0 Å². The van der Waals surface area contributed by atoms with Gasteiger partial charge >= 0.3 is 0 Å². The fourth-order valence-electron chi connectivity index (χ4n) is 2.63. The first kappa shape index (κ1) is 15.0. The maximum atomic E-state index is 6.25. The van der Waals surface area contributed by atoms with E-state index in [9.17, 15) is 0 Å². The summed E-state index contributed by atoms with van der Waals surface area (Å²) < 4.78 is 0. The zero-order valence-corrected chi connectivity index (χ0v) is 13.1. The van der Waals surface area contributed by atoms with Crippen molar-refractivity contribution in [3.05, 3.63) is 27.7 Å². The number of benzene rings is 1. The van der Waals surface area contributed by atoms with Gasteiger partial charge in [-0.15, -0.1) is 0 Å². The van der Waals surface area contributed by atoms with Gasteiger partial charge < -0.3 is 10.6 Å². The average Bonchev–Trinajstić information content (AvgIpc) is 2.37. The van der Waals surface area contributed by atoms with Crippen LogP contribution >= 0.6 is 23.2 Å². The Morgan fingerprint density at radius 3 is 2.79 bits per heavy atom. The number of halogens is 2. The van der Waals surface area contributed by atoms with E-state index in [-0.39, 0.29) is 0 Å². The quantitative estimate of drug-likeness (QED) is 0.847. The van der Waals surface area contributed by atoms with Crippen molar-refractivity contribution in [1.29, 1.82) is 0 Å². The minimum Gasteiger partial charge on any atom is -0.381 e. The number of nitrogens with one attached hydrogen (secondary N) is 2. The summed E-state index contributed by atoms with van der Waals surface area (Å²) in [6, 6.07) is 4.84. The van der Waals surface area contributed by atoms with Gasteiger partial charge in [-0.1, -0.05) is 29.6 Å². The van der Waals surface area contributed by atoms with Crippen molar-refractivity contribution in [2.45, 2.75) is 51.6 Å². The largest absolute Gasteiger partial charge is 0.381 e. The molecule has 1 fully saturated rings. The fourth-order valence-corrected chi connectivity index (χ4v) is 3.07. The summed E-state index contributed by atoms with van der Waals surface area (Å²) in [4.78, 5) is 0. The first-order valence-electron chi connectivity index (χ1n) is 7.02. The van der Waals surface area contributed by atoms with Gasteiger partial charge in [0.05, 0.1) is 10.7 Å². The summed E-state index contributed by atoms with van der Waals surface area (Å²) in [5.41, 5.74) is 1.94. The molecule has 2 atom stereocenters. The predicted octanol–water partition coefficient (Wildman–Crippen LogP) is 4.63. The summed E-state index contributed by atoms with van der Waals surface area (Å²) >= 11 is 12.4. The first-order valence-corrected chi connectivity index (χ1v) is 7.77. The summed E-state index contributed by atoms with van der Waals surface area (Å²) in [7, 11) is 0. The van der Waals surface area contributed by atoms with E-state index in [1.165, 1.54) is 19.3 Å². The van der Waals surface area contributed by atoms with E-state index in [1.807, 2.05) is 19.1 Å². The van der Waals surface area contributed by atoms with Crippen LogP contribution in [0.3, 0.4) is 0 Å². The highest BCUT2D eigenvalue weighted by Gasteiger charge is 2.16. The summed E-state index contributed by atoms with van der Waals surface area (Å²) in [5, 5.41) is 8.54. The predicted molar refractivity (Wildman–Crippen MR) is 84.5 cm³/mol. The zero-order valence-electron chi connectivity index (χ0n) is 11.6. The lowest BCUT2D eigenvalue weighted by molar-refractivity contribution is 0.371. The van der Waals surface area contributed by atoms with E-state index >= 15 is 0 Å². The monoisotopic (exact) mass is 300 g/mol. The molecule has 1 aliphatic rings. The van der Waals surface area contributed by atoms with Crippen LogP contribution in [0.1, 0.15) is 38.2 Å². The van der Waals surface area contributed by atoms with E-state index in [1.54, 1.807) is 0 Å². The van der Waals surface area contributed by atoms with Gasteiger partial charge in [0.1, 0.15) is 0 Å². The second-order valence-electron chi connectivity index (χ2n) is 5.51. The molecule has 2 rings (SSSR count). The Morgan fingerprint density at radius 1 is 1.32 bits per heavy atom. The minimum absolute atomic E-state index is 0.381. The van der Waals surface area contributed by atoms with Crippen LogP contribution in [0.2, 0.25) is 10.0 Å². The standard InChI is InChI=1S/C15H22Cl2N2/c1-10-7-14(17)15(9-13(10)16)19-11(2)8-12-5-3-4-6-18-12/h7,9,11-12,18-19H,3-6,8H2,1-2H3. The molecular weight excluding hydrogens is 279 g/mol. The van der Waals surface area contributed by atoms with Gasteiger partial charge in [-0.3, -0.25) is 0 Å². The second kappa shape index (κ2) is 6.83. The molecule has 0 aromatic heterocycles. The van der Waals surface area contributed by atoms with Crippen molar-refractivity contribution >= 4 is 28.9 Å². The van der Waals surface area contributed by atoms with E-state index < -0.39 is 0 Å². The maximum absolute atomic E-state index is 6.25. The highest BCUT2D eigenvalue weighted by Crippen LogP contribution is 2.29. The van der Waals surface area contributed by atoms with Crippen LogP contribution in [-0.4, -0.2) is 18.6 Å². The second-order valence-corrected chi connectivity index (χ2v) is 6.32. The number of aryl methyl sites for hydroxylation is 1. The highest BCUT2D eigenvalue weighted by atomic mass is 35.5. The third kappa shape index (κ3) is 4.27. The Labute approximate surface area is 125 Å².